The maximum atomic E-state index is 13.0. The zero-order valence-corrected chi connectivity index (χ0v) is 21.0. The number of aryl methyl sites for hydroxylation is 2. The van der Waals surface area contributed by atoms with Crippen molar-refractivity contribution in [2.45, 2.75) is 59.6 Å². The Bertz CT molecular complexity index is 1240. The van der Waals surface area contributed by atoms with Gasteiger partial charge in [-0.05, 0) is 57.6 Å². The monoisotopic (exact) mass is 473 g/mol. The van der Waals surface area contributed by atoms with Gasteiger partial charge < -0.3 is 19.4 Å². The number of carbonyl (C=O) groups excluding carboxylic acids is 1. The molecular formula is C25H32ClN3O4. The SMILES string of the molecule is Cc1nccc2c1c(=O)n(C)c1cc(OCC(CC(C)C)NC(=O)OC(C)(C)C)c(Cl)cc21. The highest BCUT2D eigenvalue weighted by Gasteiger charge is 2.21. The third-order valence-corrected chi connectivity index (χ3v) is 5.57. The average molecular weight is 474 g/mol. The Balaban J connectivity index is 1.92. The minimum Gasteiger partial charge on any atom is -0.490 e. The predicted molar refractivity (Wildman–Crippen MR) is 132 cm³/mol. The largest absolute Gasteiger partial charge is 0.490 e. The Hall–Kier alpha value is -2.80. The Morgan fingerprint density at radius 1 is 1.24 bits per heavy atom. The van der Waals surface area contributed by atoms with Gasteiger partial charge in [0.1, 0.15) is 18.0 Å². The zero-order chi connectivity index (χ0) is 24.5. The molecular weight excluding hydrogens is 442 g/mol. The number of hydrogen-bond acceptors (Lipinski definition) is 5. The summed E-state index contributed by atoms with van der Waals surface area (Å²) in [4.78, 5) is 29.5. The molecule has 178 valence electrons. The molecule has 0 saturated carbocycles. The van der Waals surface area contributed by atoms with E-state index in [1.165, 1.54) is 0 Å². The van der Waals surface area contributed by atoms with Crippen LogP contribution in [0.4, 0.5) is 4.79 Å². The minimum atomic E-state index is -0.587. The number of amides is 1. The summed E-state index contributed by atoms with van der Waals surface area (Å²) >= 11 is 6.58. The van der Waals surface area contributed by atoms with E-state index in [-0.39, 0.29) is 18.2 Å². The Morgan fingerprint density at radius 2 is 1.94 bits per heavy atom. The molecule has 0 saturated heterocycles. The van der Waals surface area contributed by atoms with Gasteiger partial charge in [0.25, 0.3) is 5.56 Å². The lowest BCUT2D eigenvalue weighted by molar-refractivity contribution is 0.0480. The number of rotatable bonds is 6. The predicted octanol–water partition coefficient (Wildman–Crippen LogP) is 5.37. The van der Waals surface area contributed by atoms with Crippen LogP contribution in [-0.2, 0) is 11.8 Å². The third-order valence-electron chi connectivity index (χ3n) is 5.28. The van der Waals surface area contributed by atoms with Crippen LogP contribution in [-0.4, -0.2) is 33.9 Å². The van der Waals surface area contributed by atoms with Crippen molar-refractivity contribution in [2.75, 3.05) is 6.61 Å². The van der Waals surface area contributed by atoms with Crippen molar-refractivity contribution in [3.8, 4) is 5.75 Å². The Kier molecular flexibility index (Phi) is 7.22. The van der Waals surface area contributed by atoms with Crippen LogP contribution in [0.15, 0.2) is 29.2 Å². The van der Waals surface area contributed by atoms with E-state index in [4.69, 9.17) is 21.1 Å². The van der Waals surface area contributed by atoms with Crippen LogP contribution < -0.4 is 15.6 Å². The second-order valence-electron chi connectivity index (χ2n) is 9.77. The fourth-order valence-electron chi connectivity index (χ4n) is 3.89. The number of nitrogens with zero attached hydrogens (tertiary/aromatic N) is 2. The molecule has 33 heavy (non-hydrogen) atoms. The van der Waals surface area contributed by atoms with Crippen LogP contribution in [0.1, 0.15) is 46.7 Å². The van der Waals surface area contributed by atoms with Gasteiger partial charge in [0.2, 0.25) is 0 Å². The van der Waals surface area contributed by atoms with Crippen molar-refractivity contribution < 1.29 is 14.3 Å². The molecule has 3 aromatic rings. The van der Waals surface area contributed by atoms with E-state index < -0.39 is 11.7 Å². The highest BCUT2D eigenvalue weighted by Crippen LogP contribution is 2.33. The Labute approximate surface area is 199 Å². The number of pyridine rings is 2. The van der Waals surface area contributed by atoms with Gasteiger partial charge in [-0.15, -0.1) is 0 Å². The van der Waals surface area contributed by atoms with Gasteiger partial charge in [-0.2, -0.15) is 0 Å². The molecule has 2 aromatic heterocycles. The number of hydrogen-bond donors (Lipinski definition) is 1. The minimum absolute atomic E-state index is 0.124. The van der Waals surface area contributed by atoms with Crippen molar-refractivity contribution in [2.24, 2.45) is 13.0 Å². The first-order valence-electron chi connectivity index (χ1n) is 11.1. The molecule has 0 spiro atoms. The van der Waals surface area contributed by atoms with Crippen LogP contribution >= 0.6 is 11.6 Å². The molecule has 1 amide bonds. The van der Waals surface area contributed by atoms with Crippen molar-refractivity contribution in [1.29, 1.82) is 0 Å². The fourth-order valence-corrected chi connectivity index (χ4v) is 4.10. The summed E-state index contributed by atoms with van der Waals surface area (Å²) in [5, 5.41) is 5.55. The maximum Gasteiger partial charge on any atom is 0.407 e. The lowest BCUT2D eigenvalue weighted by Gasteiger charge is -2.25. The number of fused-ring (bicyclic) bond motifs is 3. The zero-order valence-electron chi connectivity index (χ0n) is 20.3. The summed E-state index contributed by atoms with van der Waals surface area (Å²) in [5.74, 6) is 0.786. The number of carbonyl (C=O) groups is 1. The van der Waals surface area contributed by atoms with Gasteiger partial charge in [0.15, 0.2) is 0 Å². The van der Waals surface area contributed by atoms with Gasteiger partial charge in [-0.25, -0.2) is 4.79 Å². The van der Waals surface area contributed by atoms with Crippen molar-refractivity contribution in [3.63, 3.8) is 0 Å². The summed E-state index contributed by atoms with van der Waals surface area (Å²) < 4.78 is 13.0. The molecule has 0 aliphatic rings. The van der Waals surface area contributed by atoms with E-state index in [0.29, 0.717) is 39.7 Å². The molecule has 1 atom stereocenters. The summed E-state index contributed by atoms with van der Waals surface area (Å²) in [7, 11) is 1.72. The van der Waals surface area contributed by atoms with E-state index in [1.807, 2.05) is 39.8 Å². The van der Waals surface area contributed by atoms with Crippen molar-refractivity contribution in [1.82, 2.24) is 14.9 Å². The molecule has 1 aromatic carbocycles. The normalized spacial score (nSPS) is 12.9. The van der Waals surface area contributed by atoms with Crippen LogP contribution in [0, 0.1) is 12.8 Å². The maximum absolute atomic E-state index is 13.0. The van der Waals surface area contributed by atoms with Gasteiger partial charge in [-0.1, -0.05) is 25.4 Å². The van der Waals surface area contributed by atoms with E-state index in [1.54, 1.807) is 23.9 Å². The van der Waals surface area contributed by atoms with Gasteiger partial charge >= 0.3 is 6.09 Å². The molecule has 1 N–H and O–H groups in total. The summed E-state index contributed by atoms with van der Waals surface area (Å²) in [6.07, 6.45) is 1.91. The lowest BCUT2D eigenvalue weighted by Crippen LogP contribution is -2.42. The molecule has 1 unspecified atom stereocenters. The van der Waals surface area contributed by atoms with E-state index in [2.05, 4.69) is 24.1 Å². The quantitative estimate of drug-likeness (QED) is 0.487. The van der Waals surface area contributed by atoms with Crippen LogP contribution in [0.5, 0.6) is 5.75 Å². The number of benzene rings is 1. The summed E-state index contributed by atoms with van der Waals surface area (Å²) in [6, 6.07) is 5.15. The standard InChI is InChI=1S/C25H32ClN3O4/c1-14(2)10-16(28-24(31)33-25(4,5)6)13-32-21-12-20-18(11-19(21)26)17-8-9-27-15(3)22(17)23(30)29(20)7/h8-9,11-12,14,16H,10,13H2,1-7H3,(H,28,31). The fraction of sp³-hybridized carbons (Fsp3) is 0.480. The molecule has 2 heterocycles. The highest BCUT2D eigenvalue weighted by molar-refractivity contribution is 6.33. The number of halogens is 1. The smallest absolute Gasteiger partial charge is 0.407 e. The van der Waals surface area contributed by atoms with Gasteiger partial charge in [0.05, 0.1) is 27.7 Å². The second kappa shape index (κ2) is 9.59. The first-order chi connectivity index (χ1) is 15.4. The molecule has 3 rings (SSSR count). The Morgan fingerprint density at radius 3 is 2.58 bits per heavy atom. The molecule has 0 radical (unpaired) electrons. The number of aromatic nitrogens is 2. The first kappa shape index (κ1) is 24.8. The van der Waals surface area contributed by atoms with Crippen LogP contribution in [0.25, 0.3) is 21.7 Å². The lowest BCUT2D eigenvalue weighted by atomic mass is 10.0. The van der Waals surface area contributed by atoms with Gasteiger partial charge in [0, 0.05) is 24.7 Å². The molecule has 0 aliphatic heterocycles. The number of alkyl carbamates (subject to hydrolysis) is 1. The third kappa shape index (κ3) is 5.77. The number of nitrogens with one attached hydrogen (secondary N) is 1. The first-order valence-corrected chi connectivity index (χ1v) is 11.4. The molecule has 8 heteroatoms. The van der Waals surface area contributed by atoms with Crippen LogP contribution in [0.2, 0.25) is 5.02 Å². The van der Waals surface area contributed by atoms with E-state index in [9.17, 15) is 9.59 Å². The van der Waals surface area contributed by atoms with Crippen LogP contribution in [0.3, 0.4) is 0 Å². The number of ether oxygens (including phenoxy) is 2. The highest BCUT2D eigenvalue weighted by atomic mass is 35.5. The van der Waals surface area contributed by atoms with Crippen molar-refractivity contribution >= 4 is 39.4 Å². The molecule has 7 nitrogen and oxygen atoms in total. The van der Waals surface area contributed by atoms with Gasteiger partial charge in [-0.3, -0.25) is 9.78 Å². The summed E-state index contributed by atoms with van der Waals surface area (Å²) in [5.41, 5.74) is 0.672. The molecule has 0 aliphatic carbocycles. The van der Waals surface area contributed by atoms with Crippen molar-refractivity contribution in [3.05, 3.63) is 45.5 Å². The molecule has 0 bridgehead atoms. The summed E-state index contributed by atoms with van der Waals surface area (Å²) in [6.45, 7) is 11.6. The van der Waals surface area contributed by atoms with E-state index in [0.717, 1.165) is 10.8 Å². The topological polar surface area (TPSA) is 82.5 Å². The second-order valence-corrected chi connectivity index (χ2v) is 10.2. The van der Waals surface area contributed by atoms with E-state index >= 15 is 0 Å². The average Bonchev–Trinajstić information content (AvgIpc) is 2.68. The molecule has 0 fully saturated rings.